The smallest absolute Gasteiger partial charge is 0.253 e. The molecule has 1 aromatic carbocycles. The predicted molar refractivity (Wildman–Crippen MR) is 87.4 cm³/mol. The fraction of sp³-hybridized carbons (Fsp3) is 0.438. The van der Waals surface area contributed by atoms with Gasteiger partial charge in [-0.25, -0.2) is 0 Å². The van der Waals surface area contributed by atoms with Crippen molar-refractivity contribution in [3.8, 4) is 5.75 Å². The van der Waals surface area contributed by atoms with Crippen molar-refractivity contribution in [2.45, 2.75) is 18.9 Å². The SMILES string of the molecule is C=CCOc1ccc(C(=O)N(C)C2CCNCC2)cc1.Cl. The average molecular weight is 311 g/mol. The molecule has 116 valence electrons. The van der Waals surface area contributed by atoms with E-state index in [0.717, 1.165) is 31.7 Å². The standard InChI is InChI=1S/C16H22N2O2.ClH/c1-3-12-20-15-6-4-13(5-7-15)16(19)18(2)14-8-10-17-11-9-14;/h3-7,14,17H,1,8-12H2,2H3;1H. The van der Waals surface area contributed by atoms with Gasteiger partial charge in [-0.05, 0) is 50.2 Å². The number of amides is 1. The number of nitrogens with zero attached hydrogens (tertiary/aromatic N) is 1. The number of ether oxygens (including phenoxy) is 1. The van der Waals surface area contributed by atoms with Crippen molar-refractivity contribution in [1.82, 2.24) is 10.2 Å². The summed E-state index contributed by atoms with van der Waals surface area (Å²) >= 11 is 0. The van der Waals surface area contributed by atoms with Gasteiger partial charge >= 0.3 is 0 Å². The van der Waals surface area contributed by atoms with E-state index in [4.69, 9.17) is 4.74 Å². The Balaban J connectivity index is 0.00000220. The molecule has 1 saturated heterocycles. The van der Waals surface area contributed by atoms with Crippen LogP contribution in [0.15, 0.2) is 36.9 Å². The van der Waals surface area contributed by atoms with Crippen LogP contribution in [-0.4, -0.2) is 43.6 Å². The molecule has 1 aliphatic heterocycles. The molecule has 0 aromatic heterocycles. The minimum Gasteiger partial charge on any atom is -0.490 e. The molecular weight excluding hydrogens is 288 g/mol. The first-order chi connectivity index (χ1) is 9.72. The van der Waals surface area contributed by atoms with Crippen molar-refractivity contribution < 1.29 is 9.53 Å². The maximum atomic E-state index is 12.4. The van der Waals surface area contributed by atoms with Gasteiger partial charge in [0, 0.05) is 18.7 Å². The van der Waals surface area contributed by atoms with Crippen LogP contribution in [0.25, 0.3) is 0 Å². The summed E-state index contributed by atoms with van der Waals surface area (Å²) in [5, 5.41) is 3.31. The third kappa shape index (κ3) is 4.76. The fourth-order valence-electron chi connectivity index (χ4n) is 2.41. The highest BCUT2D eigenvalue weighted by molar-refractivity contribution is 5.94. The number of carbonyl (C=O) groups is 1. The van der Waals surface area contributed by atoms with Crippen LogP contribution in [-0.2, 0) is 0 Å². The molecule has 0 saturated carbocycles. The number of hydrogen-bond donors (Lipinski definition) is 1. The van der Waals surface area contributed by atoms with Gasteiger partial charge in [0.05, 0.1) is 0 Å². The molecule has 2 rings (SSSR count). The van der Waals surface area contributed by atoms with Crippen LogP contribution in [0.5, 0.6) is 5.75 Å². The van der Waals surface area contributed by atoms with Crippen LogP contribution in [0.2, 0.25) is 0 Å². The Bertz CT molecular complexity index is 456. The van der Waals surface area contributed by atoms with Gasteiger partial charge in [0.2, 0.25) is 0 Å². The summed E-state index contributed by atoms with van der Waals surface area (Å²) < 4.78 is 5.42. The zero-order valence-corrected chi connectivity index (χ0v) is 13.2. The first-order valence-electron chi connectivity index (χ1n) is 7.04. The Labute approximate surface area is 132 Å². The number of rotatable bonds is 5. The summed E-state index contributed by atoms with van der Waals surface area (Å²) in [5.41, 5.74) is 0.706. The lowest BCUT2D eigenvalue weighted by Gasteiger charge is -2.31. The number of carbonyl (C=O) groups excluding carboxylic acids is 1. The first-order valence-corrected chi connectivity index (χ1v) is 7.04. The fourth-order valence-corrected chi connectivity index (χ4v) is 2.41. The van der Waals surface area contributed by atoms with Crippen LogP contribution in [0.4, 0.5) is 0 Å². The second-order valence-corrected chi connectivity index (χ2v) is 5.02. The van der Waals surface area contributed by atoms with Crippen LogP contribution in [0.3, 0.4) is 0 Å². The maximum Gasteiger partial charge on any atom is 0.253 e. The van der Waals surface area contributed by atoms with E-state index in [-0.39, 0.29) is 18.3 Å². The second-order valence-electron chi connectivity index (χ2n) is 5.02. The minimum absolute atomic E-state index is 0. The molecule has 1 amide bonds. The summed E-state index contributed by atoms with van der Waals surface area (Å²) in [6, 6.07) is 7.62. The lowest BCUT2D eigenvalue weighted by atomic mass is 10.0. The molecule has 0 spiro atoms. The molecule has 5 heteroatoms. The zero-order chi connectivity index (χ0) is 14.4. The number of piperidine rings is 1. The quantitative estimate of drug-likeness (QED) is 0.850. The Hall–Kier alpha value is -1.52. The molecule has 1 N–H and O–H groups in total. The van der Waals surface area contributed by atoms with Gasteiger partial charge < -0.3 is 15.0 Å². The third-order valence-electron chi connectivity index (χ3n) is 3.65. The largest absolute Gasteiger partial charge is 0.490 e. The first kappa shape index (κ1) is 17.5. The molecule has 4 nitrogen and oxygen atoms in total. The van der Waals surface area contributed by atoms with Gasteiger partial charge in [-0.2, -0.15) is 0 Å². The highest BCUT2D eigenvalue weighted by Gasteiger charge is 2.22. The minimum atomic E-state index is 0. The number of hydrogen-bond acceptors (Lipinski definition) is 3. The summed E-state index contributed by atoms with van der Waals surface area (Å²) in [4.78, 5) is 14.3. The van der Waals surface area contributed by atoms with Crippen LogP contribution >= 0.6 is 12.4 Å². The van der Waals surface area contributed by atoms with E-state index in [1.54, 1.807) is 6.08 Å². The summed E-state index contributed by atoms with van der Waals surface area (Å²) in [6.07, 6.45) is 3.73. The summed E-state index contributed by atoms with van der Waals surface area (Å²) in [6.45, 7) is 6.05. The van der Waals surface area contributed by atoms with E-state index >= 15 is 0 Å². The highest BCUT2D eigenvalue weighted by atomic mass is 35.5. The molecular formula is C16H23ClN2O2. The molecule has 0 unspecified atom stereocenters. The van der Waals surface area contributed by atoms with Gasteiger partial charge in [-0.3, -0.25) is 4.79 Å². The molecule has 21 heavy (non-hydrogen) atoms. The second kappa shape index (κ2) is 8.70. The van der Waals surface area contributed by atoms with Crippen molar-refractivity contribution in [3.63, 3.8) is 0 Å². The summed E-state index contributed by atoms with van der Waals surface area (Å²) in [7, 11) is 1.89. The Morgan fingerprint density at radius 1 is 1.38 bits per heavy atom. The van der Waals surface area contributed by atoms with Gasteiger partial charge in [0.15, 0.2) is 0 Å². The predicted octanol–water partition coefficient (Wildman–Crippen LogP) is 2.50. The highest BCUT2D eigenvalue weighted by Crippen LogP contribution is 2.17. The van der Waals surface area contributed by atoms with Gasteiger partial charge in [-0.1, -0.05) is 12.7 Å². The molecule has 0 radical (unpaired) electrons. The van der Waals surface area contributed by atoms with Crippen molar-refractivity contribution in [3.05, 3.63) is 42.5 Å². The van der Waals surface area contributed by atoms with Gasteiger partial charge in [0.25, 0.3) is 5.91 Å². The van der Waals surface area contributed by atoms with Gasteiger partial charge in [-0.15, -0.1) is 12.4 Å². The van der Waals surface area contributed by atoms with Crippen molar-refractivity contribution in [2.75, 3.05) is 26.7 Å². The molecule has 1 aliphatic rings. The zero-order valence-electron chi connectivity index (χ0n) is 12.4. The maximum absolute atomic E-state index is 12.4. The normalized spacial score (nSPS) is 14.9. The van der Waals surface area contributed by atoms with Gasteiger partial charge in [0.1, 0.15) is 12.4 Å². The van der Waals surface area contributed by atoms with Crippen molar-refractivity contribution in [1.29, 1.82) is 0 Å². The number of nitrogens with one attached hydrogen (secondary N) is 1. The molecule has 0 atom stereocenters. The molecule has 0 bridgehead atoms. The van der Waals surface area contributed by atoms with E-state index in [0.29, 0.717) is 18.2 Å². The molecule has 1 heterocycles. The van der Waals surface area contributed by atoms with E-state index in [2.05, 4.69) is 11.9 Å². The lowest BCUT2D eigenvalue weighted by molar-refractivity contribution is 0.0703. The summed E-state index contributed by atoms with van der Waals surface area (Å²) in [5.74, 6) is 0.832. The number of benzene rings is 1. The third-order valence-corrected chi connectivity index (χ3v) is 3.65. The molecule has 1 fully saturated rings. The van der Waals surface area contributed by atoms with E-state index in [1.165, 1.54) is 0 Å². The van der Waals surface area contributed by atoms with Crippen LogP contribution < -0.4 is 10.1 Å². The molecule has 0 aliphatic carbocycles. The van der Waals surface area contributed by atoms with Crippen LogP contribution in [0.1, 0.15) is 23.2 Å². The van der Waals surface area contributed by atoms with E-state index < -0.39 is 0 Å². The molecule has 1 aromatic rings. The Kier molecular flexibility index (Phi) is 7.26. The average Bonchev–Trinajstić information content (AvgIpc) is 2.53. The van der Waals surface area contributed by atoms with Crippen molar-refractivity contribution >= 4 is 18.3 Å². The van der Waals surface area contributed by atoms with Crippen LogP contribution in [0, 0.1) is 0 Å². The van der Waals surface area contributed by atoms with E-state index in [9.17, 15) is 4.79 Å². The lowest BCUT2D eigenvalue weighted by Crippen LogP contribution is -2.43. The monoisotopic (exact) mass is 310 g/mol. The Morgan fingerprint density at radius 2 is 2.00 bits per heavy atom. The number of halogens is 1. The topological polar surface area (TPSA) is 41.6 Å². The van der Waals surface area contributed by atoms with Crippen molar-refractivity contribution in [2.24, 2.45) is 0 Å². The Morgan fingerprint density at radius 3 is 2.57 bits per heavy atom. The van der Waals surface area contributed by atoms with E-state index in [1.807, 2.05) is 36.2 Å².